The molecule has 0 saturated carbocycles. The van der Waals surface area contributed by atoms with Crippen LogP contribution in [0.25, 0.3) is 17.3 Å². The van der Waals surface area contributed by atoms with Crippen LogP contribution in [0.2, 0.25) is 0 Å². The van der Waals surface area contributed by atoms with Crippen molar-refractivity contribution in [2.24, 2.45) is 4.99 Å². The molecule has 0 radical (unpaired) electrons. The highest BCUT2D eigenvalue weighted by Gasteiger charge is 2.16. The van der Waals surface area contributed by atoms with Gasteiger partial charge in [-0.25, -0.2) is 0 Å². The summed E-state index contributed by atoms with van der Waals surface area (Å²) in [5.41, 5.74) is 3.23. The molecule has 4 rings (SSSR count). The van der Waals surface area contributed by atoms with Gasteiger partial charge < -0.3 is 15.0 Å². The number of fused-ring (bicyclic) bond motifs is 1. The molecular weight excluding hydrogens is 368 g/mol. The van der Waals surface area contributed by atoms with Crippen molar-refractivity contribution >= 4 is 53.1 Å². The van der Waals surface area contributed by atoms with Gasteiger partial charge in [0.05, 0.1) is 22.2 Å². The molecule has 2 aromatic carbocycles. The molecule has 0 atom stereocenters. The molecule has 7 heteroatoms. The molecule has 128 valence electrons. The Morgan fingerprint density at radius 1 is 1.23 bits per heavy atom. The molecule has 1 N–H and O–H groups in total. The standard InChI is InChI=1S/C19H12N2O3S2/c22-17-16(9-12-10-20-15-7-2-1-6-14(12)15)26-19(25)21(17)13-5-3-4-11(8-13)18(23)24/h1-10,22H,(H,23,24)/p-1/b12-9+. The summed E-state index contributed by atoms with van der Waals surface area (Å²) in [5.74, 6) is -1.32. The quantitative estimate of drug-likeness (QED) is 0.706. The highest BCUT2D eigenvalue weighted by molar-refractivity contribution is 7.73. The zero-order valence-electron chi connectivity index (χ0n) is 13.2. The van der Waals surface area contributed by atoms with Gasteiger partial charge >= 0.3 is 0 Å². The molecule has 1 aliphatic rings. The molecule has 1 aromatic heterocycles. The number of aromatic nitrogens is 1. The number of nitrogens with zero attached hydrogens (tertiary/aromatic N) is 2. The fraction of sp³-hybridized carbons (Fsp3) is 0. The number of allylic oxidation sites excluding steroid dienone is 1. The molecule has 5 nitrogen and oxygen atoms in total. The van der Waals surface area contributed by atoms with E-state index in [1.54, 1.807) is 18.3 Å². The van der Waals surface area contributed by atoms with E-state index < -0.39 is 5.97 Å². The van der Waals surface area contributed by atoms with Gasteiger partial charge in [-0.1, -0.05) is 30.3 Å². The van der Waals surface area contributed by atoms with E-state index in [-0.39, 0.29) is 11.4 Å². The van der Waals surface area contributed by atoms with Gasteiger partial charge in [0.2, 0.25) is 5.88 Å². The van der Waals surface area contributed by atoms with E-state index in [0.717, 1.165) is 16.8 Å². The third-order valence-electron chi connectivity index (χ3n) is 4.00. The fourth-order valence-electron chi connectivity index (χ4n) is 2.77. The lowest BCUT2D eigenvalue weighted by atomic mass is 10.1. The maximum atomic E-state index is 11.1. The van der Waals surface area contributed by atoms with Crippen molar-refractivity contribution in [3.63, 3.8) is 0 Å². The van der Waals surface area contributed by atoms with Crippen molar-refractivity contribution in [2.75, 3.05) is 0 Å². The average molecular weight is 379 g/mol. The average Bonchev–Trinajstić information content (AvgIpc) is 3.16. The minimum absolute atomic E-state index is 0.0201. The zero-order valence-corrected chi connectivity index (χ0v) is 14.9. The molecule has 0 bridgehead atoms. The van der Waals surface area contributed by atoms with E-state index in [2.05, 4.69) is 4.99 Å². The van der Waals surface area contributed by atoms with Crippen LogP contribution in [-0.4, -0.2) is 21.9 Å². The molecule has 0 unspecified atom stereocenters. The van der Waals surface area contributed by atoms with Crippen molar-refractivity contribution in [1.29, 1.82) is 0 Å². The first-order valence-corrected chi connectivity index (χ1v) is 8.89. The molecule has 26 heavy (non-hydrogen) atoms. The smallest absolute Gasteiger partial charge is 0.215 e. The number of aromatic hydroxyl groups is 1. The van der Waals surface area contributed by atoms with Crippen molar-refractivity contribution in [2.45, 2.75) is 0 Å². The zero-order chi connectivity index (χ0) is 18.3. The van der Waals surface area contributed by atoms with Crippen LogP contribution in [-0.2, 0) is 0 Å². The summed E-state index contributed by atoms with van der Waals surface area (Å²) in [6.45, 7) is 0. The Hall–Kier alpha value is -3.03. The van der Waals surface area contributed by atoms with Crippen LogP contribution >= 0.6 is 23.6 Å². The van der Waals surface area contributed by atoms with Gasteiger partial charge in [-0.3, -0.25) is 9.56 Å². The topological polar surface area (TPSA) is 77.6 Å². The maximum Gasteiger partial charge on any atom is 0.215 e. The Morgan fingerprint density at radius 2 is 2.04 bits per heavy atom. The molecule has 3 aromatic rings. The highest BCUT2D eigenvalue weighted by atomic mass is 32.1. The van der Waals surface area contributed by atoms with E-state index in [9.17, 15) is 15.0 Å². The van der Waals surface area contributed by atoms with Crippen LogP contribution in [0.15, 0.2) is 53.5 Å². The minimum Gasteiger partial charge on any atom is -0.545 e. The second-order valence-corrected chi connectivity index (χ2v) is 7.28. The van der Waals surface area contributed by atoms with Crippen molar-refractivity contribution in [1.82, 2.24) is 4.57 Å². The number of benzene rings is 2. The summed E-state index contributed by atoms with van der Waals surface area (Å²) in [6.07, 6.45) is 3.57. The van der Waals surface area contributed by atoms with Crippen LogP contribution in [0.1, 0.15) is 20.8 Å². The van der Waals surface area contributed by atoms with Crippen molar-refractivity contribution < 1.29 is 15.0 Å². The summed E-state index contributed by atoms with van der Waals surface area (Å²) in [5, 5.41) is 21.7. The van der Waals surface area contributed by atoms with E-state index in [4.69, 9.17) is 12.2 Å². The number of thiazole rings is 1. The predicted octanol–water partition coefficient (Wildman–Crippen LogP) is 3.59. The first-order valence-electron chi connectivity index (χ1n) is 7.66. The Morgan fingerprint density at radius 3 is 2.85 bits per heavy atom. The van der Waals surface area contributed by atoms with Gasteiger partial charge in [0.15, 0.2) is 3.95 Å². The molecule has 0 fully saturated rings. The highest BCUT2D eigenvalue weighted by Crippen LogP contribution is 2.36. The van der Waals surface area contributed by atoms with Crippen LogP contribution in [0.4, 0.5) is 5.69 Å². The van der Waals surface area contributed by atoms with Gasteiger partial charge in [-0.05, 0) is 42.1 Å². The van der Waals surface area contributed by atoms with Crippen LogP contribution in [0, 0.1) is 3.95 Å². The number of aliphatic imine (C=N–C) groups is 1. The number of aromatic carboxylic acids is 1. The molecule has 0 spiro atoms. The number of carboxylic acids is 1. The van der Waals surface area contributed by atoms with Crippen LogP contribution in [0.5, 0.6) is 5.88 Å². The van der Waals surface area contributed by atoms with Crippen molar-refractivity contribution in [3.8, 4) is 11.6 Å². The number of para-hydroxylation sites is 1. The van der Waals surface area contributed by atoms with E-state index in [1.807, 2.05) is 30.3 Å². The van der Waals surface area contributed by atoms with Gasteiger partial charge in [-0.2, -0.15) is 0 Å². The van der Waals surface area contributed by atoms with Gasteiger partial charge in [-0.15, -0.1) is 11.3 Å². The van der Waals surface area contributed by atoms with Gasteiger partial charge in [0.1, 0.15) is 0 Å². The summed E-state index contributed by atoms with van der Waals surface area (Å²) < 4.78 is 1.85. The lowest BCUT2D eigenvalue weighted by molar-refractivity contribution is -0.255. The molecule has 2 heterocycles. The largest absolute Gasteiger partial charge is 0.545 e. The molecular formula is C19H11N2O3S2-. The summed E-state index contributed by atoms with van der Waals surface area (Å²) in [4.78, 5) is 16.0. The first-order chi connectivity index (χ1) is 12.5. The molecule has 1 aliphatic heterocycles. The van der Waals surface area contributed by atoms with Crippen LogP contribution in [0.3, 0.4) is 0 Å². The Bertz CT molecular complexity index is 1160. The first kappa shape index (κ1) is 16.4. The number of carbonyl (C=O) groups excluding carboxylic acids is 1. The number of rotatable bonds is 3. The van der Waals surface area contributed by atoms with E-state index >= 15 is 0 Å². The number of carbonyl (C=O) groups is 1. The molecule has 0 aliphatic carbocycles. The SMILES string of the molecule is O=C([O-])c1cccc(-n2c(O)c(/C=C3\C=Nc4ccccc43)sc2=S)c1. The second-order valence-electron chi connectivity index (χ2n) is 5.60. The monoisotopic (exact) mass is 379 g/mol. The minimum atomic E-state index is -1.28. The maximum absolute atomic E-state index is 11.1. The van der Waals surface area contributed by atoms with Crippen molar-refractivity contribution in [3.05, 3.63) is 68.5 Å². The normalized spacial score (nSPS) is 13.9. The summed E-state index contributed by atoms with van der Waals surface area (Å²) in [6, 6.07) is 13.8. The van der Waals surface area contributed by atoms with Gasteiger partial charge in [0, 0.05) is 17.4 Å². The van der Waals surface area contributed by atoms with Gasteiger partial charge in [0.25, 0.3) is 0 Å². The lowest BCUT2D eigenvalue weighted by Gasteiger charge is -2.08. The number of hydrogen-bond donors (Lipinski definition) is 1. The Labute approximate surface area is 157 Å². The second kappa shape index (κ2) is 6.36. The Balaban J connectivity index is 1.81. The lowest BCUT2D eigenvalue weighted by Crippen LogP contribution is -2.22. The number of carboxylic acid groups (broad SMARTS) is 1. The third kappa shape index (κ3) is 2.77. The molecule has 0 saturated heterocycles. The third-order valence-corrected chi connectivity index (χ3v) is 5.31. The van der Waals surface area contributed by atoms with E-state index in [0.29, 0.717) is 14.5 Å². The summed E-state index contributed by atoms with van der Waals surface area (Å²) >= 11 is 6.60. The van der Waals surface area contributed by atoms with Crippen LogP contribution < -0.4 is 5.11 Å². The van der Waals surface area contributed by atoms with E-state index in [1.165, 1.54) is 28.0 Å². The Kier molecular flexibility index (Phi) is 4.02. The predicted molar refractivity (Wildman–Crippen MR) is 103 cm³/mol. The number of hydrogen-bond acceptors (Lipinski definition) is 6. The fourth-order valence-corrected chi connectivity index (χ4v) is 4.07. The summed E-state index contributed by atoms with van der Waals surface area (Å²) in [7, 11) is 0. The molecule has 0 amide bonds.